The highest BCUT2D eigenvalue weighted by atomic mass is 16.5. The molecule has 0 spiro atoms. The number of para-hydroxylation sites is 1. The Labute approximate surface area is 435 Å². The third kappa shape index (κ3) is 10.7. The predicted octanol–water partition coefficient (Wildman–Crippen LogP) is 14.3. The van der Waals surface area contributed by atoms with E-state index in [9.17, 15) is 0 Å². The number of fused-ring (bicyclic) bond motifs is 7. The molecule has 3 aromatic heterocycles. The number of benzene rings is 6. The minimum atomic E-state index is 0.226. The summed E-state index contributed by atoms with van der Waals surface area (Å²) in [5.74, 6) is 0.617. The SMILES string of the molecule is CCC1(COCCCCCOCc2ccc3c(c2)c2c(ccc4c5cc(COCCCCCOCC6(CC)COC6)ccc5n(-c5ccccc5)c42)n3-c2nc(-c3ccccc3)cc(-c3ccccc3)n2)COC1. The van der Waals surface area contributed by atoms with Gasteiger partial charge in [0.1, 0.15) is 0 Å². The minimum absolute atomic E-state index is 0.226. The molecule has 2 saturated heterocycles. The van der Waals surface area contributed by atoms with Crippen LogP contribution in [0.25, 0.3) is 77.8 Å². The molecule has 0 unspecified atom stereocenters. The maximum atomic E-state index is 6.42. The van der Waals surface area contributed by atoms with E-state index in [1.165, 1.54) is 10.8 Å². The van der Waals surface area contributed by atoms with E-state index in [-0.39, 0.29) is 10.8 Å². The van der Waals surface area contributed by atoms with Crippen molar-refractivity contribution in [3.63, 3.8) is 0 Å². The topological polar surface area (TPSA) is 91.0 Å². The fourth-order valence-electron chi connectivity index (χ4n) is 10.7. The number of nitrogens with zero attached hydrogens (tertiary/aromatic N) is 4. The second-order valence-electron chi connectivity index (χ2n) is 20.8. The van der Waals surface area contributed by atoms with Crippen molar-refractivity contribution in [1.29, 1.82) is 0 Å². The summed E-state index contributed by atoms with van der Waals surface area (Å²) in [5, 5.41) is 4.62. The Hall–Kier alpha value is -6.24. The van der Waals surface area contributed by atoms with Gasteiger partial charge in [0.15, 0.2) is 0 Å². The van der Waals surface area contributed by atoms with Crippen molar-refractivity contribution in [3.05, 3.63) is 157 Å². The van der Waals surface area contributed by atoms with Gasteiger partial charge < -0.3 is 33.0 Å². The normalized spacial score (nSPS) is 15.1. The highest BCUT2D eigenvalue weighted by molar-refractivity contribution is 6.26. The molecule has 2 aliphatic heterocycles. The third-order valence-corrected chi connectivity index (χ3v) is 15.5. The monoisotopic (exact) mass is 991 g/mol. The molecule has 74 heavy (non-hydrogen) atoms. The maximum absolute atomic E-state index is 6.42. The fraction of sp³-hybridized carbons (Fsp3) is 0.375. The Morgan fingerprint density at radius 3 is 1.43 bits per heavy atom. The number of ether oxygens (including phenoxy) is 6. The summed E-state index contributed by atoms with van der Waals surface area (Å²) in [7, 11) is 0. The number of hydrogen-bond donors (Lipinski definition) is 0. The molecule has 0 atom stereocenters. The molecule has 0 amide bonds. The molecular formula is C64H70N4O6. The summed E-state index contributed by atoms with van der Waals surface area (Å²) in [5.41, 5.74) is 12.0. The van der Waals surface area contributed by atoms with Crippen LogP contribution in [-0.4, -0.2) is 85.2 Å². The van der Waals surface area contributed by atoms with Crippen molar-refractivity contribution in [2.24, 2.45) is 10.8 Å². The van der Waals surface area contributed by atoms with Crippen molar-refractivity contribution in [1.82, 2.24) is 19.1 Å². The first-order valence-corrected chi connectivity index (χ1v) is 27.1. The summed E-state index contributed by atoms with van der Waals surface area (Å²) in [6.07, 6.45) is 8.43. The Morgan fingerprint density at radius 1 is 0.459 bits per heavy atom. The average Bonchev–Trinajstić information content (AvgIpc) is 3.96. The number of unbranched alkanes of at least 4 members (excludes halogenated alkanes) is 4. The van der Waals surface area contributed by atoms with Crippen LogP contribution < -0.4 is 0 Å². The number of rotatable bonds is 26. The molecular weight excluding hydrogens is 921 g/mol. The third-order valence-electron chi connectivity index (χ3n) is 15.5. The average molecular weight is 991 g/mol. The van der Waals surface area contributed by atoms with Gasteiger partial charge in [-0.2, -0.15) is 0 Å². The molecule has 2 fully saturated rings. The second kappa shape index (κ2) is 23.1. The predicted molar refractivity (Wildman–Crippen MR) is 297 cm³/mol. The van der Waals surface area contributed by atoms with Crippen LogP contribution >= 0.6 is 0 Å². The molecule has 10 heteroatoms. The molecule has 0 aliphatic carbocycles. The van der Waals surface area contributed by atoms with E-state index in [2.05, 4.69) is 156 Å². The van der Waals surface area contributed by atoms with E-state index in [0.717, 1.165) is 176 Å². The molecule has 0 saturated carbocycles. The van der Waals surface area contributed by atoms with Gasteiger partial charge in [-0.3, -0.25) is 4.57 Å². The molecule has 382 valence electrons. The number of hydrogen-bond acceptors (Lipinski definition) is 8. The van der Waals surface area contributed by atoms with Crippen LogP contribution in [0, 0.1) is 10.8 Å². The maximum Gasteiger partial charge on any atom is 0.235 e. The Morgan fingerprint density at radius 2 is 0.932 bits per heavy atom. The Bertz CT molecular complexity index is 3220. The van der Waals surface area contributed by atoms with Crippen LogP contribution in [0.15, 0.2) is 146 Å². The molecule has 10 nitrogen and oxygen atoms in total. The Balaban J connectivity index is 0.924. The lowest BCUT2D eigenvalue weighted by atomic mass is 9.84. The van der Waals surface area contributed by atoms with Gasteiger partial charge in [0.2, 0.25) is 5.95 Å². The van der Waals surface area contributed by atoms with Gasteiger partial charge in [-0.1, -0.05) is 111 Å². The van der Waals surface area contributed by atoms with E-state index >= 15 is 0 Å². The van der Waals surface area contributed by atoms with Crippen molar-refractivity contribution in [2.45, 2.75) is 78.4 Å². The smallest absolute Gasteiger partial charge is 0.235 e. The van der Waals surface area contributed by atoms with Crippen molar-refractivity contribution >= 4 is 43.6 Å². The lowest BCUT2D eigenvalue weighted by Crippen LogP contribution is -2.45. The van der Waals surface area contributed by atoms with Crippen LogP contribution in [0.2, 0.25) is 0 Å². The van der Waals surface area contributed by atoms with E-state index in [4.69, 9.17) is 38.4 Å². The van der Waals surface area contributed by atoms with E-state index in [1.54, 1.807) is 0 Å². The van der Waals surface area contributed by atoms with Gasteiger partial charge in [0.25, 0.3) is 0 Å². The lowest BCUT2D eigenvalue weighted by molar-refractivity contribution is -0.150. The summed E-state index contributed by atoms with van der Waals surface area (Å²) in [4.78, 5) is 10.8. The summed E-state index contributed by atoms with van der Waals surface area (Å²) < 4.78 is 40.5. The molecule has 0 bridgehead atoms. The zero-order chi connectivity index (χ0) is 50.2. The van der Waals surface area contributed by atoms with E-state index in [1.807, 2.05) is 12.1 Å². The highest BCUT2D eigenvalue weighted by Crippen LogP contribution is 2.43. The molecule has 9 aromatic rings. The van der Waals surface area contributed by atoms with Gasteiger partial charge in [-0.15, -0.1) is 0 Å². The fourth-order valence-corrected chi connectivity index (χ4v) is 10.7. The van der Waals surface area contributed by atoms with Crippen LogP contribution in [0.4, 0.5) is 0 Å². The van der Waals surface area contributed by atoms with Crippen LogP contribution in [0.5, 0.6) is 0 Å². The van der Waals surface area contributed by atoms with Crippen LogP contribution in [-0.2, 0) is 41.6 Å². The molecule has 6 aromatic carbocycles. The minimum Gasteiger partial charge on any atom is -0.381 e. The number of aromatic nitrogens is 4. The molecule has 0 radical (unpaired) electrons. The molecule has 11 rings (SSSR count). The van der Waals surface area contributed by atoms with Gasteiger partial charge in [0, 0.05) is 75.6 Å². The van der Waals surface area contributed by atoms with Crippen LogP contribution in [0.3, 0.4) is 0 Å². The van der Waals surface area contributed by atoms with Crippen molar-refractivity contribution in [3.8, 4) is 34.2 Å². The van der Waals surface area contributed by atoms with E-state index < -0.39 is 0 Å². The largest absolute Gasteiger partial charge is 0.381 e. The quantitative estimate of drug-likeness (QED) is 0.0496. The first-order chi connectivity index (χ1) is 36.5. The summed E-state index contributed by atoms with van der Waals surface area (Å²) in [6, 6.07) is 51.8. The van der Waals surface area contributed by atoms with Crippen molar-refractivity contribution < 1.29 is 28.4 Å². The van der Waals surface area contributed by atoms with Crippen molar-refractivity contribution in [2.75, 3.05) is 66.1 Å². The highest BCUT2D eigenvalue weighted by Gasteiger charge is 2.37. The zero-order valence-electron chi connectivity index (χ0n) is 43.2. The Kier molecular flexibility index (Phi) is 15.6. The van der Waals surface area contributed by atoms with Gasteiger partial charge in [0.05, 0.1) is 86.3 Å². The first-order valence-electron chi connectivity index (χ1n) is 27.1. The van der Waals surface area contributed by atoms with Gasteiger partial charge in [-0.25, -0.2) is 9.97 Å². The summed E-state index contributed by atoms with van der Waals surface area (Å²) >= 11 is 0. The van der Waals surface area contributed by atoms with Gasteiger partial charge in [-0.05, 0) is 111 Å². The second-order valence-corrected chi connectivity index (χ2v) is 20.8. The summed E-state index contributed by atoms with van der Waals surface area (Å²) in [6.45, 7) is 13.4. The lowest BCUT2D eigenvalue weighted by Gasteiger charge is -2.40. The first kappa shape index (κ1) is 49.9. The molecule has 2 aliphatic rings. The zero-order valence-corrected chi connectivity index (χ0v) is 43.2. The standard InChI is InChI=1S/C64H70N4O6/c1-3-63(43-73-44-63)41-71-34-18-8-16-32-69-39-47-26-29-57-53(36-47)52-28-31-59-60(61(52)67(57)51-24-14-7-15-25-51)54-37-48(40-70-33-17-9-19-35-72-42-64(4-2)45-74-46-64)27-30-58(54)68(59)62-65-55(49-20-10-5-11-21-49)38-56(66-62)50-22-12-6-13-23-50/h5-7,10-15,20-31,36-38H,3-4,8-9,16-19,32-35,39-46H2,1-2H3. The van der Waals surface area contributed by atoms with Crippen LogP contribution in [0.1, 0.15) is 76.3 Å². The molecule has 0 N–H and O–H groups in total. The van der Waals surface area contributed by atoms with E-state index in [0.29, 0.717) is 32.4 Å². The van der Waals surface area contributed by atoms with Gasteiger partial charge >= 0.3 is 0 Å². The molecule has 5 heterocycles.